The number of hydrogen-bond acceptors (Lipinski definition) is 1. The van der Waals surface area contributed by atoms with Crippen molar-refractivity contribution in [1.29, 1.82) is 0 Å². The third-order valence-corrected chi connectivity index (χ3v) is 6.27. The molecule has 0 spiro atoms. The maximum Gasteiger partial charge on any atom is 0.392 e. The highest BCUT2D eigenvalue weighted by Gasteiger charge is 2.50. The third kappa shape index (κ3) is 6.08. The van der Waals surface area contributed by atoms with Crippen molar-refractivity contribution in [3.63, 3.8) is 0 Å². The summed E-state index contributed by atoms with van der Waals surface area (Å²) in [4.78, 5) is 2.50. The predicted molar refractivity (Wildman–Crippen MR) is 113 cm³/mol. The third-order valence-electron chi connectivity index (χ3n) is 6.27. The molecule has 2 aromatic rings. The van der Waals surface area contributed by atoms with Crippen molar-refractivity contribution in [2.24, 2.45) is 5.92 Å². The summed E-state index contributed by atoms with van der Waals surface area (Å²) in [5, 5.41) is 0. The zero-order valence-electron chi connectivity index (χ0n) is 17.5. The lowest BCUT2D eigenvalue weighted by atomic mass is 9.69. The van der Waals surface area contributed by atoms with Gasteiger partial charge in [-0.2, -0.15) is 13.2 Å². The molecular formula is C25H32F3N. The van der Waals surface area contributed by atoms with Crippen LogP contribution in [0.4, 0.5) is 13.2 Å². The molecule has 1 fully saturated rings. The fourth-order valence-electron chi connectivity index (χ4n) is 4.25. The Labute approximate surface area is 172 Å². The van der Waals surface area contributed by atoms with Crippen LogP contribution in [0, 0.1) is 5.92 Å². The molecule has 29 heavy (non-hydrogen) atoms. The minimum Gasteiger partial charge on any atom is -0.301 e. The van der Waals surface area contributed by atoms with Gasteiger partial charge in [0.2, 0.25) is 0 Å². The smallest absolute Gasteiger partial charge is 0.301 e. The highest BCUT2D eigenvalue weighted by molar-refractivity contribution is 5.28. The number of nitrogens with zero attached hydrogens (tertiary/aromatic N) is 1. The van der Waals surface area contributed by atoms with E-state index in [9.17, 15) is 13.2 Å². The molecule has 2 unspecified atom stereocenters. The van der Waals surface area contributed by atoms with Crippen LogP contribution < -0.4 is 0 Å². The molecule has 1 nitrogen and oxygen atoms in total. The van der Waals surface area contributed by atoms with Gasteiger partial charge in [-0.05, 0) is 75.1 Å². The Morgan fingerprint density at radius 3 is 2.07 bits per heavy atom. The first-order chi connectivity index (χ1) is 13.8. The monoisotopic (exact) mass is 403 g/mol. The van der Waals surface area contributed by atoms with E-state index in [1.165, 1.54) is 11.1 Å². The van der Waals surface area contributed by atoms with Gasteiger partial charge in [-0.15, -0.1) is 0 Å². The zero-order valence-corrected chi connectivity index (χ0v) is 17.5. The van der Waals surface area contributed by atoms with Crippen LogP contribution in [-0.4, -0.2) is 30.2 Å². The van der Waals surface area contributed by atoms with Gasteiger partial charge in [-0.3, -0.25) is 0 Å². The molecular weight excluding hydrogens is 371 g/mol. The first-order valence-corrected chi connectivity index (χ1v) is 10.8. The van der Waals surface area contributed by atoms with Crippen LogP contribution in [0.3, 0.4) is 0 Å². The van der Waals surface area contributed by atoms with Crippen LogP contribution in [0.15, 0.2) is 54.6 Å². The number of benzene rings is 2. The second kappa shape index (κ2) is 9.80. The summed E-state index contributed by atoms with van der Waals surface area (Å²) < 4.78 is 39.0. The Morgan fingerprint density at radius 1 is 0.862 bits per heavy atom. The SMILES string of the molecule is CC(C)N(CCCc1ccc(C2CCC2C(F)(F)F)cc1)CCc1ccccc1. The van der Waals surface area contributed by atoms with E-state index in [1.807, 2.05) is 30.3 Å². The average molecular weight is 404 g/mol. The summed E-state index contributed by atoms with van der Waals surface area (Å²) in [7, 11) is 0. The second-order valence-corrected chi connectivity index (χ2v) is 8.54. The van der Waals surface area contributed by atoms with Gasteiger partial charge < -0.3 is 4.90 Å². The number of alkyl halides is 3. The average Bonchev–Trinajstić information content (AvgIpc) is 2.64. The van der Waals surface area contributed by atoms with Crippen LogP contribution in [0.5, 0.6) is 0 Å². The van der Waals surface area contributed by atoms with E-state index < -0.39 is 12.1 Å². The summed E-state index contributed by atoms with van der Waals surface area (Å²) in [5.74, 6) is -1.50. The lowest BCUT2D eigenvalue weighted by Crippen LogP contribution is -2.36. The van der Waals surface area contributed by atoms with Crippen LogP contribution >= 0.6 is 0 Å². The Kier molecular flexibility index (Phi) is 7.39. The summed E-state index contributed by atoms with van der Waals surface area (Å²) in [6.45, 7) is 6.54. The molecule has 0 heterocycles. The van der Waals surface area contributed by atoms with E-state index in [0.29, 0.717) is 12.5 Å². The molecule has 1 aliphatic rings. The minimum absolute atomic E-state index is 0.268. The first-order valence-electron chi connectivity index (χ1n) is 10.8. The van der Waals surface area contributed by atoms with Gasteiger partial charge in [-0.25, -0.2) is 0 Å². The predicted octanol–water partition coefficient (Wildman–Crippen LogP) is 6.63. The van der Waals surface area contributed by atoms with Gasteiger partial charge in [0, 0.05) is 12.6 Å². The zero-order chi connectivity index (χ0) is 20.9. The molecule has 0 saturated heterocycles. The van der Waals surface area contributed by atoms with E-state index in [4.69, 9.17) is 0 Å². The molecule has 158 valence electrons. The molecule has 0 amide bonds. The topological polar surface area (TPSA) is 3.24 Å². The molecule has 2 aromatic carbocycles. The molecule has 3 rings (SSSR count). The van der Waals surface area contributed by atoms with Gasteiger partial charge in [0.25, 0.3) is 0 Å². The Hall–Kier alpha value is -1.81. The fraction of sp³-hybridized carbons (Fsp3) is 0.520. The lowest BCUT2D eigenvalue weighted by Gasteiger charge is -2.38. The van der Waals surface area contributed by atoms with Crippen molar-refractivity contribution in [3.8, 4) is 0 Å². The highest BCUT2D eigenvalue weighted by Crippen LogP contribution is 2.50. The Bertz CT molecular complexity index is 737. The summed E-state index contributed by atoms with van der Waals surface area (Å²) >= 11 is 0. The van der Waals surface area contributed by atoms with Crippen molar-refractivity contribution in [1.82, 2.24) is 4.90 Å². The molecule has 0 radical (unpaired) electrons. The molecule has 0 aliphatic heterocycles. The maximum absolute atomic E-state index is 13.0. The number of rotatable bonds is 9. The van der Waals surface area contributed by atoms with E-state index in [-0.39, 0.29) is 12.3 Å². The van der Waals surface area contributed by atoms with E-state index >= 15 is 0 Å². The Balaban J connectivity index is 1.46. The summed E-state index contributed by atoms with van der Waals surface area (Å²) in [6, 6.07) is 18.9. The van der Waals surface area contributed by atoms with Crippen molar-refractivity contribution >= 4 is 0 Å². The Morgan fingerprint density at radius 2 is 1.52 bits per heavy atom. The molecule has 0 N–H and O–H groups in total. The first kappa shape index (κ1) is 21.9. The van der Waals surface area contributed by atoms with Gasteiger partial charge in [0.15, 0.2) is 0 Å². The van der Waals surface area contributed by atoms with Crippen molar-refractivity contribution in [3.05, 3.63) is 71.3 Å². The maximum atomic E-state index is 13.0. The van der Waals surface area contributed by atoms with Crippen LogP contribution in [0.2, 0.25) is 0 Å². The normalized spacial score (nSPS) is 19.6. The van der Waals surface area contributed by atoms with Crippen molar-refractivity contribution < 1.29 is 13.2 Å². The minimum atomic E-state index is -4.07. The highest BCUT2D eigenvalue weighted by atomic mass is 19.4. The van der Waals surface area contributed by atoms with E-state index in [2.05, 4.69) is 43.0 Å². The molecule has 4 heteroatoms. The van der Waals surface area contributed by atoms with Crippen LogP contribution in [0.1, 0.15) is 55.7 Å². The van der Waals surface area contributed by atoms with Crippen LogP contribution in [0.25, 0.3) is 0 Å². The van der Waals surface area contributed by atoms with Crippen molar-refractivity contribution in [2.45, 2.75) is 64.1 Å². The van der Waals surface area contributed by atoms with Crippen molar-refractivity contribution in [2.75, 3.05) is 13.1 Å². The molecule has 0 bridgehead atoms. The number of aryl methyl sites for hydroxylation is 1. The van der Waals surface area contributed by atoms with Gasteiger partial charge in [0.05, 0.1) is 5.92 Å². The summed E-state index contributed by atoms with van der Waals surface area (Å²) in [6.07, 6.45) is -0.0849. The molecule has 1 aliphatic carbocycles. The fourth-order valence-corrected chi connectivity index (χ4v) is 4.25. The lowest BCUT2D eigenvalue weighted by molar-refractivity contribution is -0.200. The van der Waals surface area contributed by atoms with E-state index in [0.717, 1.165) is 37.9 Å². The van der Waals surface area contributed by atoms with Gasteiger partial charge in [0.1, 0.15) is 0 Å². The van der Waals surface area contributed by atoms with E-state index in [1.54, 1.807) is 0 Å². The summed E-state index contributed by atoms with van der Waals surface area (Å²) in [5.41, 5.74) is 3.42. The largest absolute Gasteiger partial charge is 0.392 e. The molecule has 1 saturated carbocycles. The number of halogens is 3. The quantitative estimate of drug-likeness (QED) is 0.454. The second-order valence-electron chi connectivity index (χ2n) is 8.54. The standard InChI is InChI=1S/C25H32F3N/c1-19(2)29(18-16-20-7-4-3-5-8-20)17-6-9-21-10-12-22(13-11-21)23-14-15-24(23)25(26,27)28/h3-5,7-8,10-13,19,23-24H,6,9,14-18H2,1-2H3. The molecule has 2 atom stereocenters. The van der Waals surface area contributed by atoms with Gasteiger partial charge >= 0.3 is 6.18 Å². The molecule has 0 aromatic heterocycles. The van der Waals surface area contributed by atoms with Crippen LogP contribution in [-0.2, 0) is 12.8 Å². The number of hydrogen-bond donors (Lipinski definition) is 0. The van der Waals surface area contributed by atoms with Gasteiger partial charge in [-0.1, -0.05) is 54.6 Å².